The molecule has 0 amide bonds. The summed E-state index contributed by atoms with van der Waals surface area (Å²) in [6, 6.07) is 10.4. The van der Waals surface area contributed by atoms with Gasteiger partial charge in [-0.15, -0.1) is 12.1 Å². The van der Waals surface area contributed by atoms with Gasteiger partial charge in [0.1, 0.15) is 0 Å². The van der Waals surface area contributed by atoms with Gasteiger partial charge >= 0.3 is 0 Å². The standard InChI is InChI=1S/C8H11SSi/c1-10(2,9)8-6-4-3-5-7-8/h3-7H,1-2H3. The fourth-order valence-electron chi connectivity index (χ4n) is 0.840. The molecule has 1 aromatic rings. The van der Waals surface area contributed by atoms with Crippen molar-refractivity contribution < 1.29 is 0 Å². The molecule has 0 unspecified atom stereocenters. The lowest BCUT2D eigenvalue weighted by atomic mass is 10.4. The van der Waals surface area contributed by atoms with E-state index in [2.05, 4.69) is 37.4 Å². The predicted molar refractivity (Wildman–Crippen MR) is 51.1 cm³/mol. The smallest absolute Gasteiger partial charge is 0.122 e. The summed E-state index contributed by atoms with van der Waals surface area (Å²) in [5.41, 5.74) is 0. The molecule has 53 valence electrons. The third-order valence-corrected chi connectivity index (χ3v) is 3.90. The summed E-state index contributed by atoms with van der Waals surface area (Å²) in [4.78, 5) is 0. The second kappa shape index (κ2) is 2.80. The molecule has 1 aromatic carbocycles. The third-order valence-electron chi connectivity index (χ3n) is 1.47. The van der Waals surface area contributed by atoms with Crippen molar-refractivity contribution in [3.8, 4) is 0 Å². The highest BCUT2D eigenvalue weighted by Gasteiger charge is 2.17. The molecule has 1 radical (unpaired) electrons. The van der Waals surface area contributed by atoms with E-state index in [0.717, 1.165) is 0 Å². The summed E-state index contributed by atoms with van der Waals surface area (Å²) in [6.07, 6.45) is 0. The lowest BCUT2D eigenvalue weighted by molar-refractivity contribution is 1.74. The molecule has 0 N–H and O–H groups in total. The molecule has 0 aliphatic carbocycles. The highest BCUT2D eigenvalue weighted by Crippen LogP contribution is 2.06. The summed E-state index contributed by atoms with van der Waals surface area (Å²) in [7, 11) is -1.45. The average molecular weight is 167 g/mol. The highest BCUT2D eigenvalue weighted by molar-refractivity contribution is 8.16. The van der Waals surface area contributed by atoms with E-state index in [0.29, 0.717) is 0 Å². The first-order chi connectivity index (χ1) is 4.61. The fourth-order valence-corrected chi connectivity index (χ4v) is 2.24. The molecule has 0 spiro atoms. The second-order valence-electron chi connectivity index (χ2n) is 2.88. The molecular formula is C8H11SSi. The van der Waals surface area contributed by atoms with E-state index in [1.807, 2.05) is 6.07 Å². The van der Waals surface area contributed by atoms with Gasteiger partial charge in [-0.2, -0.15) is 0 Å². The van der Waals surface area contributed by atoms with Gasteiger partial charge in [-0.1, -0.05) is 43.4 Å². The molecule has 0 atom stereocenters. The van der Waals surface area contributed by atoms with Crippen molar-refractivity contribution in [1.29, 1.82) is 0 Å². The van der Waals surface area contributed by atoms with Crippen LogP contribution in [0.1, 0.15) is 0 Å². The molecule has 10 heavy (non-hydrogen) atoms. The van der Waals surface area contributed by atoms with Crippen LogP contribution in [0.25, 0.3) is 0 Å². The average Bonchev–Trinajstić information content (AvgIpc) is 1.88. The molecule has 0 fully saturated rings. The van der Waals surface area contributed by atoms with Gasteiger partial charge in [-0.3, -0.25) is 0 Å². The molecule has 0 aliphatic rings. The van der Waals surface area contributed by atoms with Crippen molar-refractivity contribution in [2.75, 3.05) is 0 Å². The van der Waals surface area contributed by atoms with Crippen molar-refractivity contribution in [2.45, 2.75) is 13.1 Å². The molecule has 0 aliphatic heterocycles. The normalized spacial score (nSPS) is 11.5. The molecule has 0 nitrogen and oxygen atoms in total. The summed E-state index contributed by atoms with van der Waals surface area (Å²) in [5, 5.41) is 1.35. The van der Waals surface area contributed by atoms with Crippen LogP contribution in [0.2, 0.25) is 13.1 Å². The number of hydrogen-bond acceptors (Lipinski definition) is 0. The first-order valence-electron chi connectivity index (χ1n) is 3.36. The van der Waals surface area contributed by atoms with Gasteiger partial charge < -0.3 is 0 Å². The van der Waals surface area contributed by atoms with Crippen molar-refractivity contribution in [3.05, 3.63) is 30.3 Å². The van der Waals surface area contributed by atoms with E-state index in [1.165, 1.54) is 5.19 Å². The first kappa shape index (κ1) is 7.89. The van der Waals surface area contributed by atoms with E-state index >= 15 is 0 Å². The van der Waals surface area contributed by atoms with Crippen molar-refractivity contribution in [2.24, 2.45) is 0 Å². The maximum atomic E-state index is 5.39. The second-order valence-corrected chi connectivity index (χ2v) is 9.54. The SMILES string of the molecule is C[Si](C)([S])c1ccccc1. The Morgan fingerprint density at radius 3 is 1.90 bits per heavy atom. The summed E-state index contributed by atoms with van der Waals surface area (Å²) < 4.78 is 0. The van der Waals surface area contributed by atoms with Crippen LogP contribution in [0.4, 0.5) is 0 Å². The number of hydrogen-bond donors (Lipinski definition) is 0. The molecule has 0 saturated heterocycles. The van der Waals surface area contributed by atoms with Gasteiger partial charge in [0.25, 0.3) is 0 Å². The predicted octanol–water partition coefficient (Wildman–Crippen LogP) is 2.30. The minimum Gasteiger partial charge on any atom is -0.122 e. The maximum Gasteiger partial charge on any atom is 0.154 e. The molecular weight excluding hydrogens is 156 g/mol. The molecule has 0 saturated carbocycles. The van der Waals surface area contributed by atoms with Gasteiger partial charge in [0.15, 0.2) is 7.22 Å². The number of rotatable bonds is 1. The van der Waals surface area contributed by atoms with Crippen LogP contribution in [0.3, 0.4) is 0 Å². The van der Waals surface area contributed by atoms with Crippen LogP contribution >= 0.6 is 12.1 Å². The van der Waals surface area contributed by atoms with Gasteiger partial charge in [0.2, 0.25) is 0 Å². The molecule has 0 heterocycles. The van der Waals surface area contributed by atoms with Crippen LogP contribution in [-0.4, -0.2) is 7.22 Å². The van der Waals surface area contributed by atoms with Crippen molar-refractivity contribution in [3.63, 3.8) is 0 Å². The van der Waals surface area contributed by atoms with E-state index in [4.69, 9.17) is 12.1 Å². The van der Waals surface area contributed by atoms with Gasteiger partial charge in [-0.05, 0) is 5.19 Å². The fraction of sp³-hybridized carbons (Fsp3) is 0.250. The van der Waals surface area contributed by atoms with Crippen LogP contribution in [0.5, 0.6) is 0 Å². The lowest BCUT2D eigenvalue weighted by Crippen LogP contribution is -2.34. The molecule has 1 rings (SSSR count). The molecule has 0 aromatic heterocycles. The largest absolute Gasteiger partial charge is 0.154 e. The Kier molecular flexibility index (Phi) is 2.21. The summed E-state index contributed by atoms with van der Waals surface area (Å²) in [5.74, 6) is 0. The Morgan fingerprint density at radius 2 is 1.60 bits per heavy atom. The Balaban J connectivity index is 2.97. The van der Waals surface area contributed by atoms with E-state index in [9.17, 15) is 0 Å². The zero-order valence-electron chi connectivity index (χ0n) is 6.29. The van der Waals surface area contributed by atoms with Gasteiger partial charge in [0, 0.05) is 0 Å². The van der Waals surface area contributed by atoms with Crippen molar-refractivity contribution in [1.82, 2.24) is 0 Å². The Labute approximate surface area is 68.3 Å². The third kappa shape index (κ3) is 1.89. The van der Waals surface area contributed by atoms with E-state index in [-0.39, 0.29) is 0 Å². The van der Waals surface area contributed by atoms with Crippen LogP contribution in [0.15, 0.2) is 30.3 Å². The van der Waals surface area contributed by atoms with Crippen LogP contribution in [0, 0.1) is 0 Å². The summed E-state index contributed by atoms with van der Waals surface area (Å²) in [6.45, 7) is 4.36. The van der Waals surface area contributed by atoms with Gasteiger partial charge in [0.05, 0.1) is 0 Å². The Morgan fingerprint density at radius 1 is 1.10 bits per heavy atom. The Bertz CT molecular complexity index is 200. The quantitative estimate of drug-likeness (QED) is 0.563. The minimum atomic E-state index is -1.45. The first-order valence-corrected chi connectivity index (χ1v) is 7.50. The maximum absolute atomic E-state index is 5.39. The summed E-state index contributed by atoms with van der Waals surface area (Å²) >= 11 is 5.39. The van der Waals surface area contributed by atoms with Crippen molar-refractivity contribution >= 4 is 24.5 Å². The van der Waals surface area contributed by atoms with E-state index in [1.54, 1.807) is 0 Å². The number of benzene rings is 1. The van der Waals surface area contributed by atoms with Crippen LogP contribution in [-0.2, 0) is 0 Å². The highest BCUT2D eigenvalue weighted by atomic mass is 32.3. The lowest BCUT2D eigenvalue weighted by Gasteiger charge is -2.12. The Hall–Kier alpha value is -0.213. The van der Waals surface area contributed by atoms with Gasteiger partial charge in [-0.25, -0.2) is 0 Å². The minimum absolute atomic E-state index is 1.35. The molecule has 0 bridgehead atoms. The zero-order chi connectivity index (χ0) is 7.61. The van der Waals surface area contributed by atoms with E-state index < -0.39 is 7.22 Å². The molecule has 2 heteroatoms. The monoisotopic (exact) mass is 167 g/mol. The topological polar surface area (TPSA) is 0 Å². The zero-order valence-corrected chi connectivity index (χ0v) is 8.11. The van der Waals surface area contributed by atoms with Crippen LogP contribution < -0.4 is 5.19 Å².